The molecule has 0 fully saturated rings. The van der Waals surface area contributed by atoms with Crippen LogP contribution in [0.4, 0.5) is 0 Å². The molecule has 6 nitrogen and oxygen atoms in total. The number of carbonyl (C=O) groups is 1. The van der Waals surface area contributed by atoms with Crippen LogP contribution in [-0.4, -0.2) is 29.1 Å². The van der Waals surface area contributed by atoms with Crippen LogP contribution in [0.1, 0.15) is 19.7 Å². The lowest BCUT2D eigenvalue weighted by Gasteiger charge is -2.19. The molecule has 2 rings (SSSR count). The highest BCUT2D eigenvalue weighted by Gasteiger charge is 2.22. The van der Waals surface area contributed by atoms with Crippen LogP contribution in [0.5, 0.6) is 0 Å². The lowest BCUT2D eigenvalue weighted by atomic mass is 10.0. The number of thiophene rings is 1. The van der Waals surface area contributed by atoms with Crippen molar-refractivity contribution in [1.29, 1.82) is 0 Å². The second kappa shape index (κ2) is 6.15. The molecule has 0 saturated carbocycles. The van der Waals surface area contributed by atoms with Crippen LogP contribution in [-0.2, 0) is 16.1 Å². The maximum Gasteiger partial charge on any atom is 0.323 e. The number of esters is 1. The van der Waals surface area contributed by atoms with Crippen LogP contribution in [0.15, 0.2) is 16.2 Å². The zero-order valence-corrected chi connectivity index (χ0v) is 12.4. The van der Waals surface area contributed by atoms with Crippen LogP contribution in [0.25, 0.3) is 10.2 Å². The van der Waals surface area contributed by atoms with Crippen LogP contribution in [0.2, 0.25) is 0 Å². The highest BCUT2D eigenvalue weighted by atomic mass is 32.1. The molecule has 1 unspecified atom stereocenters. The van der Waals surface area contributed by atoms with Crippen molar-refractivity contribution in [3.63, 3.8) is 0 Å². The quantitative estimate of drug-likeness (QED) is 0.812. The molecule has 0 radical (unpaired) electrons. The van der Waals surface area contributed by atoms with Gasteiger partial charge < -0.3 is 9.72 Å². The summed E-state index contributed by atoms with van der Waals surface area (Å²) in [4.78, 5) is 30.5. The van der Waals surface area contributed by atoms with Crippen molar-refractivity contribution >= 4 is 27.5 Å². The fourth-order valence-electron chi connectivity index (χ4n) is 1.93. The molecule has 7 heteroatoms. The Morgan fingerprint density at radius 3 is 2.95 bits per heavy atom. The fraction of sp³-hybridized carbons (Fsp3) is 0.462. The number of fused-ring (bicyclic) bond motifs is 1. The van der Waals surface area contributed by atoms with E-state index in [9.17, 15) is 9.59 Å². The van der Waals surface area contributed by atoms with Crippen LogP contribution >= 0.6 is 11.3 Å². The summed E-state index contributed by atoms with van der Waals surface area (Å²) >= 11 is 1.36. The first-order valence-electron chi connectivity index (χ1n) is 6.30. The van der Waals surface area contributed by atoms with Gasteiger partial charge in [-0.2, -0.15) is 0 Å². The number of methoxy groups -OCH3 is 1. The zero-order chi connectivity index (χ0) is 14.7. The SMILES string of the molecule is COC(=O)C(NCc1nc2ccsc2c(=O)[nH]1)C(C)C. The minimum Gasteiger partial charge on any atom is -0.468 e. The first-order valence-corrected chi connectivity index (χ1v) is 7.18. The van der Waals surface area contributed by atoms with Crippen molar-refractivity contribution < 1.29 is 9.53 Å². The number of ether oxygens (including phenoxy) is 1. The number of hydrogen-bond acceptors (Lipinski definition) is 6. The summed E-state index contributed by atoms with van der Waals surface area (Å²) in [7, 11) is 1.36. The molecule has 0 aliphatic rings. The number of hydrogen-bond donors (Lipinski definition) is 2. The molecular weight excluding hydrogens is 278 g/mol. The van der Waals surface area contributed by atoms with Gasteiger partial charge >= 0.3 is 5.97 Å². The fourth-order valence-corrected chi connectivity index (χ4v) is 2.66. The van der Waals surface area contributed by atoms with Gasteiger partial charge in [-0.1, -0.05) is 13.8 Å². The largest absolute Gasteiger partial charge is 0.468 e. The molecule has 108 valence electrons. The molecule has 0 spiro atoms. The molecule has 2 aromatic rings. The summed E-state index contributed by atoms with van der Waals surface area (Å²) in [6.07, 6.45) is 0. The second-order valence-electron chi connectivity index (χ2n) is 4.77. The molecule has 0 aromatic carbocycles. The lowest BCUT2D eigenvalue weighted by molar-refractivity contribution is -0.144. The summed E-state index contributed by atoms with van der Waals surface area (Å²) in [5.41, 5.74) is 0.524. The van der Waals surface area contributed by atoms with E-state index in [-0.39, 0.29) is 17.4 Å². The number of nitrogens with zero attached hydrogens (tertiary/aromatic N) is 1. The van der Waals surface area contributed by atoms with Crippen LogP contribution < -0.4 is 10.9 Å². The third kappa shape index (κ3) is 3.05. The van der Waals surface area contributed by atoms with Gasteiger partial charge in [0.25, 0.3) is 5.56 Å². The predicted molar refractivity (Wildman–Crippen MR) is 77.7 cm³/mol. The molecule has 1 atom stereocenters. The van der Waals surface area contributed by atoms with E-state index in [1.54, 1.807) is 6.07 Å². The van der Waals surface area contributed by atoms with Gasteiger partial charge in [-0.3, -0.25) is 14.9 Å². The van der Waals surface area contributed by atoms with E-state index in [0.29, 0.717) is 22.6 Å². The third-order valence-electron chi connectivity index (χ3n) is 2.98. The Hall–Kier alpha value is -1.73. The minimum atomic E-state index is -0.427. The van der Waals surface area contributed by atoms with E-state index in [1.165, 1.54) is 18.4 Å². The van der Waals surface area contributed by atoms with Crippen LogP contribution in [0.3, 0.4) is 0 Å². The van der Waals surface area contributed by atoms with Crippen molar-refractivity contribution in [3.05, 3.63) is 27.6 Å². The molecule has 0 aliphatic heterocycles. The Bertz CT molecular complexity index is 662. The molecular formula is C13H17N3O3S. The number of nitrogens with one attached hydrogen (secondary N) is 2. The normalized spacial score (nSPS) is 12.8. The predicted octanol–water partition coefficient (Wildman–Crippen LogP) is 1.27. The summed E-state index contributed by atoms with van der Waals surface area (Å²) in [6.45, 7) is 4.15. The van der Waals surface area contributed by atoms with E-state index < -0.39 is 6.04 Å². The summed E-state index contributed by atoms with van der Waals surface area (Å²) in [5.74, 6) is 0.272. The standard InChI is InChI=1S/C13H17N3O3S/c1-7(2)10(13(18)19-3)14-6-9-15-8-4-5-20-11(8)12(17)16-9/h4-5,7,10,14H,6H2,1-3H3,(H,15,16,17). The van der Waals surface area contributed by atoms with Crippen molar-refractivity contribution in [2.75, 3.05) is 7.11 Å². The van der Waals surface area contributed by atoms with Gasteiger partial charge in [0.1, 0.15) is 16.6 Å². The average molecular weight is 295 g/mol. The highest BCUT2D eigenvalue weighted by molar-refractivity contribution is 7.17. The van der Waals surface area contributed by atoms with E-state index in [1.807, 2.05) is 19.2 Å². The maximum atomic E-state index is 11.8. The lowest BCUT2D eigenvalue weighted by Crippen LogP contribution is -2.41. The van der Waals surface area contributed by atoms with E-state index in [2.05, 4.69) is 15.3 Å². The van der Waals surface area contributed by atoms with E-state index in [0.717, 1.165) is 0 Å². The van der Waals surface area contributed by atoms with Gasteiger partial charge in [-0.25, -0.2) is 4.98 Å². The number of H-pyrrole nitrogens is 1. The Kier molecular flexibility index (Phi) is 4.51. The summed E-state index contributed by atoms with van der Waals surface area (Å²) < 4.78 is 5.36. The van der Waals surface area contributed by atoms with E-state index >= 15 is 0 Å². The Labute approximate surface area is 120 Å². The molecule has 0 bridgehead atoms. The first-order chi connectivity index (χ1) is 9.52. The average Bonchev–Trinajstić information content (AvgIpc) is 2.87. The molecule has 0 saturated heterocycles. The van der Waals surface area contributed by atoms with Crippen molar-refractivity contribution in [2.24, 2.45) is 5.92 Å². The van der Waals surface area contributed by atoms with Gasteiger partial charge in [0, 0.05) is 0 Å². The maximum absolute atomic E-state index is 11.8. The molecule has 2 aromatic heterocycles. The minimum absolute atomic E-state index is 0.0825. The summed E-state index contributed by atoms with van der Waals surface area (Å²) in [5, 5.41) is 4.90. The summed E-state index contributed by atoms with van der Waals surface area (Å²) in [6, 6.07) is 1.38. The zero-order valence-electron chi connectivity index (χ0n) is 11.6. The Balaban J connectivity index is 2.15. The van der Waals surface area contributed by atoms with Gasteiger partial charge in [0.2, 0.25) is 0 Å². The van der Waals surface area contributed by atoms with Gasteiger partial charge in [-0.05, 0) is 17.4 Å². The van der Waals surface area contributed by atoms with Crippen molar-refractivity contribution in [1.82, 2.24) is 15.3 Å². The topological polar surface area (TPSA) is 84.1 Å². The monoisotopic (exact) mass is 295 g/mol. The first kappa shape index (κ1) is 14.7. The Morgan fingerprint density at radius 2 is 2.30 bits per heavy atom. The van der Waals surface area contributed by atoms with Gasteiger partial charge in [0.15, 0.2) is 0 Å². The Morgan fingerprint density at radius 1 is 1.55 bits per heavy atom. The molecule has 2 N–H and O–H groups in total. The number of aromatic nitrogens is 2. The third-order valence-corrected chi connectivity index (χ3v) is 3.88. The van der Waals surface area contributed by atoms with Crippen molar-refractivity contribution in [3.8, 4) is 0 Å². The second-order valence-corrected chi connectivity index (χ2v) is 5.69. The molecule has 0 amide bonds. The number of rotatable bonds is 5. The highest BCUT2D eigenvalue weighted by Crippen LogP contribution is 2.13. The van der Waals surface area contributed by atoms with Gasteiger partial charge in [0.05, 0.1) is 19.2 Å². The molecule has 0 aliphatic carbocycles. The smallest absolute Gasteiger partial charge is 0.323 e. The molecule has 20 heavy (non-hydrogen) atoms. The number of aromatic amines is 1. The number of carbonyl (C=O) groups excluding carboxylic acids is 1. The molecule has 2 heterocycles. The van der Waals surface area contributed by atoms with Gasteiger partial charge in [-0.15, -0.1) is 11.3 Å². The van der Waals surface area contributed by atoms with Crippen molar-refractivity contribution in [2.45, 2.75) is 26.4 Å². The van der Waals surface area contributed by atoms with Crippen LogP contribution in [0, 0.1) is 5.92 Å². The van der Waals surface area contributed by atoms with E-state index in [4.69, 9.17) is 4.74 Å².